The Morgan fingerprint density at radius 2 is 1.90 bits per heavy atom. The Kier molecular flexibility index (Phi) is 6.39. The molecule has 3 N–H and O–H groups in total. The minimum Gasteiger partial charge on any atom is -0.347 e. The average molecular weight is 290 g/mol. The van der Waals surface area contributed by atoms with Gasteiger partial charge in [-0.3, -0.25) is 4.79 Å². The fourth-order valence-corrected chi connectivity index (χ4v) is 2.28. The standard InChI is InChI=1S/C17H23FN2O/c1-4-17(5-2,6-3)20-16(21)15-12-14(18)10-9-13(15)8-7-11-19/h9-10,12H,4-6,11,19H2,1-3H3,(H,20,21). The summed E-state index contributed by atoms with van der Waals surface area (Å²) in [6.45, 7) is 6.30. The number of amides is 1. The molecule has 3 nitrogen and oxygen atoms in total. The van der Waals surface area contributed by atoms with Gasteiger partial charge in [-0.1, -0.05) is 32.6 Å². The molecule has 0 fully saturated rings. The van der Waals surface area contributed by atoms with Gasteiger partial charge in [0, 0.05) is 11.1 Å². The first-order valence-electron chi connectivity index (χ1n) is 7.32. The van der Waals surface area contributed by atoms with Gasteiger partial charge in [0.2, 0.25) is 0 Å². The van der Waals surface area contributed by atoms with E-state index in [-0.39, 0.29) is 23.6 Å². The van der Waals surface area contributed by atoms with Crippen LogP contribution >= 0.6 is 0 Å². The molecule has 0 aliphatic heterocycles. The van der Waals surface area contributed by atoms with Crippen LogP contribution in [0.5, 0.6) is 0 Å². The molecule has 21 heavy (non-hydrogen) atoms. The van der Waals surface area contributed by atoms with E-state index in [9.17, 15) is 9.18 Å². The number of carbonyl (C=O) groups excluding carboxylic acids is 1. The predicted octanol–water partition coefficient (Wildman–Crippen LogP) is 2.83. The molecule has 0 spiro atoms. The lowest BCUT2D eigenvalue weighted by Gasteiger charge is -2.32. The number of benzene rings is 1. The van der Waals surface area contributed by atoms with Gasteiger partial charge in [0.1, 0.15) is 5.82 Å². The van der Waals surface area contributed by atoms with Gasteiger partial charge < -0.3 is 11.1 Å². The van der Waals surface area contributed by atoms with Gasteiger partial charge in [0.25, 0.3) is 5.91 Å². The van der Waals surface area contributed by atoms with Crippen LogP contribution in [0.4, 0.5) is 4.39 Å². The van der Waals surface area contributed by atoms with Crippen molar-refractivity contribution >= 4 is 5.91 Å². The molecule has 1 aromatic rings. The van der Waals surface area contributed by atoms with E-state index < -0.39 is 5.82 Å². The fraction of sp³-hybridized carbons (Fsp3) is 0.471. The summed E-state index contributed by atoms with van der Waals surface area (Å²) in [6.07, 6.45) is 2.47. The van der Waals surface area contributed by atoms with Crippen molar-refractivity contribution in [3.05, 3.63) is 35.1 Å². The van der Waals surface area contributed by atoms with Crippen LogP contribution in [0.15, 0.2) is 18.2 Å². The van der Waals surface area contributed by atoms with Gasteiger partial charge in [-0.15, -0.1) is 0 Å². The number of nitrogens with one attached hydrogen (secondary N) is 1. The highest BCUT2D eigenvalue weighted by Crippen LogP contribution is 2.21. The molecule has 4 heteroatoms. The topological polar surface area (TPSA) is 55.1 Å². The predicted molar refractivity (Wildman–Crippen MR) is 83.4 cm³/mol. The highest BCUT2D eigenvalue weighted by Gasteiger charge is 2.27. The molecule has 0 unspecified atom stereocenters. The molecular weight excluding hydrogens is 267 g/mol. The molecule has 0 saturated heterocycles. The maximum absolute atomic E-state index is 13.5. The highest BCUT2D eigenvalue weighted by molar-refractivity contribution is 5.97. The lowest BCUT2D eigenvalue weighted by Crippen LogP contribution is -2.47. The van der Waals surface area contributed by atoms with Crippen LogP contribution in [0.2, 0.25) is 0 Å². The van der Waals surface area contributed by atoms with E-state index in [1.807, 2.05) is 20.8 Å². The van der Waals surface area contributed by atoms with Gasteiger partial charge in [0.15, 0.2) is 0 Å². The molecule has 0 bridgehead atoms. The van der Waals surface area contributed by atoms with Crippen molar-refractivity contribution < 1.29 is 9.18 Å². The Bertz CT molecular complexity index is 545. The first-order valence-corrected chi connectivity index (χ1v) is 7.32. The van der Waals surface area contributed by atoms with E-state index in [0.29, 0.717) is 5.56 Å². The Hall–Kier alpha value is -1.86. The minimum atomic E-state index is -0.450. The number of nitrogens with two attached hydrogens (primary N) is 1. The summed E-state index contributed by atoms with van der Waals surface area (Å²) < 4.78 is 13.5. The third-order valence-electron chi connectivity index (χ3n) is 3.96. The van der Waals surface area contributed by atoms with E-state index in [2.05, 4.69) is 17.2 Å². The summed E-state index contributed by atoms with van der Waals surface area (Å²) in [5, 5.41) is 3.04. The highest BCUT2D eigenvalue weighted by atomic mass is 19.1. The maximum atomic E-state index is 13.5. The number of hydrogen-bond donors (Lipinski definition) is 2. The Morgan fingerprint density at radius 1 is 1.29 bits per heavy atom. The van der Waals surface area contributed by atoms with E-state index in [4.69, 9.17) is 5.73 Å². The van der Waals surface area contributed by atoms with E-state index in [1.54, 1.807) is 0 Å². The lowest BCUT2D eigenvalue weighted by molar-refractivity contribution is 0.0887. The molecule has 0 aromatic heterocycles. The van der Waals surface area contributed by atoms with E-state index in [0.717, 1.165) is 19.3 Å². The molecule has 0 atom stereocenters. The zero-order valence-electron chi connectivity index (χ0n) is 12.9. The fourth-order valence-electron chi connectivity index (χ4n) is 2.28. The van der Waals surface area contributed by atoms with E-state index >= 15 is 0 Å². The molecular formula is C17H23FN2O. The van der Waals surface area contributed by atoms with Gasteiger partial charge in [0.05, 0.1) is 12.1 Å². The average Bonchev–Trinajstić information content (AvgIpc) is 2.51. The number of hydrogen-bond acceptors (Lipinski definition) is 2. The zero-order valence-corrected chi connectivity index (χ0v) is 12.9. The number of rotatable bonds is 5. The van der Waals surface area contributed by atoms with Crippen molar-refractivity contribution in [1.29, 1.82) is 0 Å². The Morgan fingerprint density at radius 3 is 2.43 bits per heavy atom. The molecule has 0 aliphatic carbocycles. The second kappa shape index (κ2) is 7.80. The molecule has 1 aromatic carbocycles. The summed E-state index contributed by atoms with van der Waals surface area (Å²) in [7, 11) is 0. The zero-order chi connectivity index (χ0) is 15.9. The monoisotopic (exact) mass is 290 g/mol. The summed E-state index contributed by atoms with van der Waals surface area (Å²) in [5.74, 6) is 4.78. The summed E-state index contributed by atoms with van der Waals surface area (Å²) >= 11 is 0. The van der Waals surface area contributed by atoms with Crippen molar-refractivity contribution in [2.75, 3.05) is 6.54 Å². The second-order valence-corrected chi connectivity index (χ2v) is 4.99. The number of halogens is 1. The van der Waals surface area contributed by atoms with Crippen LogP contribution < -0.4 is 11.1 Å². The molecule has 1 rings (SSSR count). The molecule has 0 heterocycles. The quantitative estimate of drug-likeness (QED) is 0.819. The van der Waals surface area contributed by atoms with Gasteiger partial charge in [-0.2, -0.15) is 0 Å². The van der Waals surface area contributed by atoms with Gasteiger partial charge >= 0.3 is 0 Å². The molecule has 0 aliphatic rings. The number of carbonyl (C=O) groups is 1. The van der Waals surface area contributed by atoms with Crippen molar-refractivity contribution in [2.24, 2.45) is 5.73 Å². The summed E-state index contributed by atoms with van der Waals surface area (Å²) in [4.78, 5) is 12.5. The van der Waals surface area contributed by atoms with Gasteiger partial charge in [-0.05, 0) is 37.5 Å². The smallest absolute Gasteiger partial charge is 0.253 e. The minimum absolute atomic E-state index is 0.196. The Labute approximate surface area is 126 Å². The van der Waals surface area contributed by atoms with Crippen LogP contribution in [0.3, 0.4) is 0 Å². The molecule has 1 amide bonds. The van der Waals surface area contributed by atoms with Crippen LogP contribution in [0, 0.1) is 17.7 Å². The Balaban J connectivity index is 3.14. The maximum Gasteiger partial charge on any atom is 0.253 e. The van der Waals surface area contributed by atoms with E-state index in [1.165, 1.54) is 18.2 Å². The van der Waals surface area contributed by atoms with Crippen molar-refractivity contribution in [1.82, 2.24) is 5.32 Å². The molecule has 0 radical (unpaired) electrons. The van der Waals surface area contributed by atoms with Gasteiger partial charge in [-0.25, -0.2) is 4.39 Å². The van der Waals surface area contributed by atoms with Crippen molar-refractivity contribution in [3.8, 4) is 11.8 Å². The normalized spacial score (nSPS) is 10.7. The summed E-state index contributed by atoms with van der Waals surface area (Å²) in [6, 6.07) is 4.03. The molecule has 0 saturated carbocycles. The molecule has 114 valence electrons. The van der Waals surface area contributed by atoms with Crippen LogP contribution in [0.25, 0.3) is 0 Å². The summed E-state index contributed by atoms with van der Waals surface area (Å²) in [5.41, 5.74) is 5.85. The van der Waals surface area contributed by atoms with Crippen LogP contribution in [0.1, 0.15) is 56.0 Å². The van der Waals surface area contributed by atoms with Crippen molar-refractivity contribution in [3.63, 3.8) is 0 Å². The second-order valence-electron chi connectivity index (χ2n) is 4.99. The van der Waals surface area contributed by atoms with Crippen LogP contribution in [-0.4, -0.2) is 18.0 Å². The first-order chi connectivity index (χ1) is 10.0. The SMILES string of the molecule is CCC(CC)(CC)NC(=O)c1cc(F)ccc1C#CCN. The van der Waals surface area contributed by atoms with Crippen LogP contribution in [-0.2, 0) is 0 Å². The third kappa shape index (κ3) is 4.30. The lowest BCUT2D eigenvalue weighted by atomic mass is 9.89. The first kappa shape index (κ1) is 17.2. The van der Waals surface area contributed by atoms with Crippen molar-refractivity contribution in [2.45, 2.75) is 45.6 Å². The largest absolute Gasteiger partial charge is 0.347 e. The third-order valence-corrected chi connectivity index (χ3v) is 3.96.